The number of primary amides is 1. The zero-order valence-electron chi connectivity index (χ0n) is 23.5. The van der Waals surface area contributed by atoms with Crippen LogP contribution in [-0.4, -0.2) is 36.6 Å². The Morgan fingerprint density at radius 1 is 1.11 bits per heavy atom. The lowest BCUT2D eigenvalue weighted by Crippen LogP contribution is -2.51. The second-order valence-corrected chi connectivity index (χ2v) is 12.1. The summed E-state index contributed by atoms with van der Waals surface area (Å²) in [7, 11) is 0. The maximum absolute atomic E-state index is 15.8. The zero-order chi connectivity index (χ0) is 31.2. The third kappa shape index (κ3) is 5.47. The molecule has 0 radical (unpaired) electrons. The molecule has 0 bridgehead atoms. The smallest absolute Gasteiger partial charge is 0.387 e. The molecule has 4 N–H and O–H groups in total. The van der Waals surface area contributed by atoms with Crippen LogP contribution >= 0.6 is 11.6 Å². The number of rotatable bonds is 8. The summed E-state index contributed by atoms with van der Waals surface area (Å²) in [6.45, 7) is -3.07. The van der Waals surface area contributed by atoms with Crippen molar-refractivity contribution in [2.45, 2.75) is 68.7 Å². The standard InChI is InChI=1S/C32H30ClF4N3O4/c33-27-21(34)14-23-20(25(27)26-19(29(38)42)6-7-22(28(26)35)43-30(36)37)15-32(44-23,17-4-2-1-3-5-17)16-39-18-8-11-31(12-9-18)13-10-24(41)40-31/h1-7,14,18,30,39H,8-13,15-16H2,(H2,38,42)(H,40,41)/t18?,31?,32-/m1/s1. The van der Waals surface area contributed by atoms with E-state index in [0.29, 0.717) is 6.42 Å². The summed E-state index contributed by atoms with van der Waals surface area (Å²) in [6, 6.07) is 12.3. The fourth-order valence-electron chi connectivity index (χ4n) is 6.83. The number of hydrogen-bond acceptors (Lipinski definition) is 5. The molecule has 0 aromatic heterocycles. The van der Waals surface area contributed by atoms with Crippen LogP contribution < -0.4 is 25.8 Å². The molecule has 3 aromatic rings. The highest BCUT2D eigenvalue weighted by atomic mass is 35.5. The minimum atomic E-state index is -3.36. The van der Waals surface area contributed by atoms with E-state index in [9.17, 15) is 18.4 Å². The van der Waals surface area contributed by atoms with Crippen LogP contribution in [0.25, 0.3) is 11.1 Å². The minimum Gasteiger partial charge on any atom is -0.480 e. The van der Waals surface area contributed by atoms with Gasteiger partial charge in [-0.2, -0.15) is 8.78 Å². The van der Waals surface area contributed by atoms with Gasteiger partial charge in [0.25, 0.3) is 0 Å². The summed E-state index contributed by atoms with van der Waals surface area (Å²) < 4.78 is 68.2. The Kier molecular flexibility index (Phi) is 7.96. The van der Waals surface area contributed by atoms with Crippen LogP contribution in [0, 0.1) is 11.6 Å². The molecule has 2 aliphatic heterocycles. The van der Waals surface area contributed by atoms with Gasteiger partial charge in [0.2, 0.25) is 11.8 Å². The second kappa shape index (κ2) is 11.6. The molecule has 6 rings (SSSR count). The highest BCUT2D eigenvalue weighted by Gasteiger charge is 2.46. The molecule has 3 aromatic carbocycles. The molecular weight excluding hydrogens is 602 g/mol. The number of amides is 2. The lowest BCUT2D eigenvalue weighted by molar-refractivity contribution is -0.120. The highest BCUT2D eigenvalue weighted by Crippen LogP contribution is 2.51. The van der Waals surface area contributed by atoms with Gasteiger partial charge in [0.05, 0.1) is 10.6 Å². The molecule has 1 spiro atoms. The van der Waals surface area contributed by atoms with Crippen molar-refractivity contribution in [1.29, 1.82) is 0 Å². The molecular formula is C32H30ClF4N3O4. The molecule has 2 amide bonds. The second-order valence-electron chi connectivity index (χ2n) is 11.7. The number of hydrogen-bond donors (Lipinski definition) is 3. The number of alkyl halides is 2. The van der Waals surface area contributed by atoms with E-state index in [1.165, 1.54) is 0 Å². The number of halogens is 5. The first-order chi connectivity index (χ1) is 21.0. The van der Waals surface area contributed by atoms with Crippen molar-refractivity contribution in [1.82, 2.24) is 10.6 Å². The number of carbonyl (C=O) groups excluding carboxylic acids is 2. The molecule has 1 aliphatic carbocycles. The third-order valence-corrected chi connectivity index (χ3v) is 9.42. The summed E-state index contributed by atoms with van der Waals surface area (Å²) in [4.78, 5) is 24.2. The quantitative estimate of drug-likeness (QED) is 0.265. The normalized spacial score (nSPS) is 24.3. The summed E-state index contributed by atoms with van der Waals surface area (Å²) in [5.74, 6) is -4.05. The number of nitrogens with one attached hydrogen (secondary N) is 2. The van der Waals surface area contributed by atoms with E-state index in [0.717, 1.165) is 55.9 Å². The molecule has 44 heavy (non-hydrogen) atoms. The summed E-state index contributed by atoms with van der Waals surface area (Å²) >= 11 is 6.44. The number of carbonyl (C=O) groups is 2. The van der Waals surface area contributed by atoms with Crippen LogP contribution in [0.15, 0.2) is 48.5 Å². The van der Waals surface area contributed by atoms with E-state index < -0.39 is 46.1 Å². The van der Waals surface area contributed by atoms with Crippen molar-refractivity contribution < 1.29 is 36.6 Å². The van der Waals surface area contributed by atoms with Gasteiger partial charge in [-0.05, 0) is 49.8 Å². The van der Waals surface area contributed by atoms with E-state index in [1.807, 2.05) is 30.3 Å². The van der Waals surface area contributed by atoms with Gasteiger partial charge in [-0.25, -0.2) is 8.78 Å². The van der Waals surface area contributed by atoms with Crippen LogP contribution in [0.2, 0.25) is 5.02 Å². The number of fused-ring (bicyclic) bond motifs is 1. The van der Waals surface area contributed by atoms with Gasteiger partial charge < -0.3 is 25.8 Å². The molecule has 12 heteroatoms. The predicted octanol–water partition coefficient (Wildman–Crippen LogP) is 6.00. The molecule has 1 atom stereocenters. The van der Waals surface area contributed by atoms with Crippen LogP contribution in [0.4, 0.5) is 17.6 Å². The fraction of sp³-hybridized carbons (Fsp3) is 0.375. The third-order valence-electron chi connectivity index (χ3n) is 9.05. The van der Waals surface area contributed by atoms with Gasteiger partial charge >= 0.3 is 6.61 Å². The van der Waals surface area contributed by atoms with Gasteiger partial charge in [0.15, 0.2) is 17.2 Å². The van der Waals surface area contributed by atoms with Crippen molar-refractivity contribution >= 4 is 23.4 Å². The number of nitrogens with two attached hydrogens (primary N) is 1. The Bertz CT molecular complexity index is 1610. The Morgan fingerprint density at radius 2 is 1.84 bits per heavy atom. The number of ether oxygens (including phenoxy) is 2. The monoisotopic (exact) mass is 631 g/mol. The molecule has 2 heterocycles. The first-order valence-corrected chi connectivity index (χ1v) is 14.8. The van der Waals surface area contributed by atoms with Crippen LogP contribution in [0.1, 0.15) is 60.0 Å². The van der Waals surface area contributed by atoms with Gasteiger partial charge in [0.1, 0.15) is 11.6 Å². The maximum atomic E-state index is 15.8. The van der Waals surface area contributed by atoms with Crippen molar-refractivity contribution in [2.24, 2.45) is 5.73 Å². The lowest BCUT2D eigenvalue weighted by Gasteiger charge is -2.39. The van der Waals surface area contributed by atoms with Gasteiger partial charge in [0, 0.05) is 53.7 Å². The van der Waals surface area contributed by atoms with Gasteiger partial charge in [-0.1, -0.05) is 41.9 Å². The zero-order valence-corrected chi connectivity index (χ0v) is 24.3. The van der Waals surface area contributed by atoms with Crippen LogP contribution in [0.3, 0.4) is 0 Å². The minimum absolute atomic E-state index is 0.0684. The first kappa shape index (κ1) is 30.2. The average Bonchev–Trinajstić information content (AvgIpc) is 3.55. The summed E-state index contributed by atoms with van der Waals surface area (Å²) in [5, 5.41) is 6.22. The topological polar surface area (TPSA) is 103 Å². The largest absolute Gasteiger partial charge is 0.480 e. The van der Waals surface area contributed by atoms with E-state index in [-0.39, 0.29) is 52.9 Å². The Morgan fingerprint density at radius 3 is 2.48 bits per heavy atom. The van der Waals surface area contributed by atoms with E-state index in [2.05, 4.69) is 15.4 Å². The van der Waals surface area contributed by atoms with Crippen molar-refractivity contribution in [3.05, 3.63) is 81.9 Å². The van der Waals surface area contributed by atoms with Crippen molar-refractivity contribution in [3.63, 3.8) is 0 Å². The van der Waals surface area contributed by atoms with Gasteiger partial charge in [-0.15, -0.1) is 0 Å². The molecule has 7 nitrogen and oxygen atoms in total. The molecule has 2 fully saturated rings. The SMILES string of the molecule is NC(=O)c1ccc(OC(F)F)c(F)c1-c1c(Cl)c(F)cc2c1C[C@@](CNC1CCC3(CCC(=O)N3)CC1)(c1ccccc1)O2. The Balaban J connectivity index is 1.38. The molecule has 232 valence electrons. The Hall–Kier alpha value is -3.83. The lowest BCUT2D eigenvalue weighted by atomic mass is 9.78. The molecule has 3 aliphatic rings. The van der Waals surface area contributed by atoms with Gasteiger partial charge in [-0.3, -0.25) is 9.59 Å². The Labute approximate surface area is 256 Å². The van der Waals surface area contributed by atoms with Crippen LogP contribution in [-0.2, 0) is 16.8 Å². The summed E-state index contributed by atoms with van der Waals surface area (Å²) in [5.41, 5.74) is 4.18. The van der Waals surface area contributed by atoms with E-state index in [4.69, 9.17) is 22.1 Å². The summed E-state index contributed by atoms with van der Waals surface area (Å²) in [6.07, 6.45) is 4.78. The maximum Gasteiger partial charge on any atom is 0.387 e. The molecule has 1 saturated carbocycles. The van der Waals surface area contributed by atoms with E-state index >= 15 is 8.78 Å². The van der Waals surface area contributed by atoms with E-state index in [1.54, 1.807) is 0 Å². The number of benzene rings is 3. The first-order valence-electron chi connectivity index (χ1n) is 14.4. The fourth-order valence-corrected chi connectivity index (χ4v) is 7.09. The van der Waals surface area contributed by atoms with Crippen LogP contribution in [0.5, 0.6) is 11.5 Å². The highest BCUT2D eigenvalue weighted by molar-refractivity contribution is 6.34. The molecule has 1 saturated heterocycles. The predicted molar refractivity (Wildman–Crippen MR) is 155 cm³/mol. The van der Waals surface area contributed by atoms with Crippen molar-refractivity contribution in [3.8, 4) is 22.6 Å². The molecule has 0 unspecified atom stereocenters. The average molecular weight is 632 g/mol. The van der Waals surface area contributed by atoms with Crippen molar-refractivity contribution in [2.75, 3.05) is 6.54 Å².